The van der Waals surface area contributed by atoms with Crippen LogP contribution in [0.3, 0.4) is 0 Å². The molecule has 0 radical (unpaired) electrons. The highest BCUT2D eigenvalue weighted by Crippen LogP contribution is 2.24. The molecule has 1 atom stereocenters. The van der Waals surface area contributed by atoms with Crippen LogP contribution in [0.4, 0.5) is 0 Å². The average Bonchev–Trinajstić information content (AvgIpc) is 3.36. The fourth-order valence-electron chi connectivity index (χ4n) is 2.78. The summed E-state index contributed by atoms with van der Waals surface area (Å²) in [6.07, 6.45) is 3.19. The van der Waals surface area contributed by atoms with Crippen LogP contribution in [0, 0.1) is 11.3 Å². The molecule has 7 heteroatoms. The summed E-state index contributed by atoms with van der Waals surface area (Å²) in [5.74, 6) is -1.04. The number of carbonyl (C=O) groups is 2. The highest BCUT2D eigenvalue weighted by molar-refractivity contribution is 6.01. The van der Waals surface area contributed by atoms with Crippen molar-refractivity contribution in [1.82, 2.24) is 5.32 Å². The first kappa shape index (κ1) is 18.4. The van der Waals surface area contributed by atoms with Crippen molar-refractivity contribution < 1.29 is 23.8 Å². The monoisotopic (exact) mass is 365 g/mol. The zero-order valence-electron chi connectivity index (χ0n) is 14.4. The number of nitriles is 1. The molecule has 1 saturated heterocycles. The third-order valence-corrected chi connectivity index (χ3v) is 4.18. The van der Waals surface area contributed by atoms with Gasteiger partial charge in [-0.2, -0.15) is 5.26 Å². The Morgan fingerprint density at radius 2 is 2.19 bits per heavy atom. The Labute approximate surface area is 155 Å². The number of carbonyl (C=O) groups excluding carboxylic acids is 2. The lowest BCUT2D eigenvalue weighted by Gasteiger charge is -2.09. The van der Waals surface area contributed by atoms with E-state index < -0.39 is 11.9 Å². The van der Waals surface area contributed by atoms with Crippen LogP contribution < -0.4 is 10.4 Å². The van der Waals surface area contributed by atoms with Gasteiger partial charge in [-0.25, -0.2) is 0 Å². The van der Waals surface area contributed by atoms with Crippen LogP contribution in [0.25, 0.3) is 17.4 Å². The number of hydrogen-bond acceptors (Lipinski definition) is 6. The molecule has 3 rings (SSSR count). The van der Waals surface area contributed by atoms with Crippen molar-refractivity contribution >= 4 is 18.0 Å². The van der Waals surface area contributed by atoms with E-state index in [9.17, 15) is 20.0 Å². The van der Waals surface area contributed by atoms with E-state index in [2.05, 4.69) is 5.32 Å². The number of benzene rings is 1. The Hall–Kier alpha value is -3.37. The number of nitrogens with one attached hydrogen (secondary N) is 1. The minimum atomic E-state index is -1.28. The van der Waals surface area contributed by atoms with Gasteiger partial charge in [0, 0.05) is 24.8 Å². The molecule has 0 aliphatic carbocycles. The normalized spacial score (nSPS) is 16.7. The first-order valence-electron chi connectivity index (χ1n) is 8.50. The first-order chi connectivity index (χ1) is 13.1. The van der Waals surface area contributed by atoms with E-state index in [1.54, 1.807) is 24.3 Å². The Morgan fingerprint density at radius 1 is 1.33 bits per heavy atom. The third-order valence-electron chi connectivity index (χ3n) is 4.18. The van der Waals surface area contributed by atoms with Gasteiger partial charge in [0.15, 0.2) is 0 Å². The van der Waals surface area contributed by atoms with Crippen molar-refractivity contribution in [2.75, 3.05) is 13.2 Å². The first-order valence-corrected chi connectivity index (χ1v) is 8.50. The molecule has 1 N–H and O–H groups in total. The van der Waals surface area contributed by atoms with Crippen molar-refractivity contribution in [1.29, 1.82) is 5.26 Å². The molecule has 0 unspecified atom stereocenters. The molecule has 2 aromatic rings. The smallest absolute Gasteiger partial charge is 0.262 e. The van der Waals surface area contributed by atoms with Crippen molar-refractivity contribution in [2.45, 2.75) is 18.9 Å². The maximum Gasteiger partial charge on any atom is 0.262 e. The van der Waals surface area contributed by atoms with Gasteiger partial charge >= 0.3 is 0 Å². The second-order valence-electron chi connectivity index (χ2n) is 6.09. The number of carboxylic acid groups (broad SMARTS) is 1. The van der Waals surface area contributed by atoms with Crippen LogP contribution in [-0.2, 0) is 9.53 Å². The number of hydrogen-bond donors (Lipinski definition) is 1. The molecule has 1 fully saturated rings. The van der Waals surface area contributed by atoms with E-state index in [1.165, 1.54) is 18.2 Å². The summed E-state index contributed by atoms with van der Waals surface area (Å²) in [6.45, 7) is 1.05. The predicted octanol–water partition coefficient (Wildman–Crippen LogP) is 1.51. The summed E-state index contributed by atoms with van der Waals surface area (Å²) >= 11 is 0. The number of carboxylic acids is 1. The molecule has 27 heavy (non-hydrogen) atoms. The van der Waals surface area contributed by atoms with Crippen LogP contribution in [-0.4, -0.2) is 31.1 Å². The Kier molecular flexibility index (Phi) is 5.69. The second-order valence-corrected chi connectivity index (χ2v) is 6.09. The molecular formula is C20H17N2O5-. The Balaban J connectivity index is 1.72. The highest BCUT2D eigenvalue weighted by Gasteiger charge is 2.18. The third kappa shape index (κ3) is 4.63. The van der Waals surface area contributed by atoms with E-state index in [-0.39, 0.29) is 17.2 Å². The Bertz CT molecular complexity index is 916. The van der Waals surface area contributed by atoms with Crippen LogP contribution in [0.5, 0.6) is 0 Å². The van der Waals surface area contributed by atoms with Crippen LogP contribution in [0.2, 0.25) is 0 Å². The Morgan fingerprint density at radius 3 is 2.89 bits per heavy atom. The number of amides is 1. The topological polar surface area (TPSA) is 115 Å². The largest absolute Gasteiger partial charge is 0.545 e. The summed E-state index contributed by atoms with van der Waals surface area (Å²) in [7, 11) is 0. The zero-order chi connectivity index (χ0) is 19.2. The molecule has 7 nitrogen and oxygen atoms in total. The summed E-state index contributed by atoms with van der Waals surface area (Å²) in [4.78, 5) is 23.1. The molecular weight excluding hydrogens is 348 g/mol. The van der Waals surface area contributed by atoms with Gasteiger partial charge in [-0.1, -0.05) is 18.2 Å². The van der Waals surface area contributed by atoms with Crippen molar-refractivity contribution in [3.05, 3.63) is 53.3 Å². The predicted molar refractivity (Wildman–Crippen MR) is 94.0 cm³/mol. The van der Waals surface area contributed by atoms with E-state index in [4.69, 9.17) is 9.15 Å². The van der Waals surface area contributed by atoms with Gasteiger partial charge in [0.1, 0.15) is 23.2 Å². The molecule has 1 amide bonds. The van der Waals surface area contributed by atoms with Gasteiger partial charge in [0.2, 0.25) is 0 Å². The fourth-order valence-corrected chi connectivity index (χ4v) is 2.78. The van der Waals surface area contributed by atoms with Gasteiger partial charge in [-0.05, 0) is 36.6 Å². The highest BCUT2D eigenvalue weighted by atomic mass is 16.5. The van der Waals surface area contributed by atoms with Crippen molar-refractivity contribution in [2.24, 2.45) is 0 Å². The minimum absolute atomic E-state index is 0.0138. The molecule has 1 aliphatic heterocycles. The summed E-state index contributed by atoms with van der Waals surface area (Å²) < 4.78 is 11.1. The molecule has 1 aliphatic rings. The maximum atomic E-state index is 12.2. The van der Waals surface area contributed by atoms with E-state index in [0.29, 0.717) is 30.2 Å². The number of nitrogens with zero attached hydrogens (tertiary/aromatic N) is 1. The van der Waals surface area contributed by atoms with E-state index in [0.717, 1.165) is 12.8 Å². The molecule has 0 saturated carbocycles. The zero-order valence-corrected chi connectivity index (χ0v) is 14.4. The maximum absolute atomic E-state index is 12.2. The van der Waals surface area contributed by atoms with Gasteiger partial charge < -0.3 is 24.4 Å². The van der Waals surface area contributed by atoms with Crippen LogP contribution >= 0.6 is 0 Å². The quantitative estimate of drug-likeness (QED) is 0.613. The lowest BCUT2D eigenvalue weighted by Crippen LogP contribution is -2.32. The average molecular weight is 365 g/mol. The van der Waals surface area contributed by atoms with Gasteiger partial charge in [-0.3, -0.25) is 4.79 Å². The molecule has 1 aromatic carbocycles. The lowest BCUT2D eigenvalue weighted by molar-refractivity contribution is -0.255. The molecule has 138 valence electrons. The van der Waals surface area contributed by atoms with Gasteiger partial charge in [-0.15, -0.1) is 0 Å². The van der Waals surface area contributed by atoms with Crippen molar-refractivity contribution in [3.8, 4) is 17.4 Å². The minimum Gasteiger partial charge on any atom is -0.545 e. The van der Waals surface area contributed by atoms with Crippen LogP contribution in [0.15, 0.2) is 46.4 Å². The summed E-state index contributed by atoms with van der Waals surface area (Å²) in [6, 6.07) is 11.2. The van der Waals surface area contributed by atoms with Crippen molar-refractivity contribution in [3.63, 3.8) is 0 Å². The van der Waals surface area contributed by atoms with E-state index >= 15 is 0 Å². The lowest BCUT2D eigenvalue weighted by atomic mass is 10.1. The SMILES string of the molecule is N#C/C(=C\c1ccc(-c2cccc(C(=O)[O-])c2)o1)C(=O)NC[C@@H]1CCCO1. The number of rotatable bonds is 6. The molecule has 0 spiro atoms. The van der Waals surface area contributed by atoms with Gasteiger partial charge in [0.05, 0.1) is 12.1 Å². The fraction of sp³-hybridized carbons (Fsp3) is 0.250. The number of aromatic carboxylic acids is 1. The molecule has 0 bridgehead atoms. The van der Waals surface area contributed by atoms with E-state index in [1.807, 2.05) is 6.07 Å². The summed E-state index contributed by atoms with van der Waals surface area (Å²) in [5, 5.41) is 22.9. The van der Waals surface area contributed by atoms with Gasteiger partial charge in [0.25, 0.3) is 5.91 Å². The van der Waals surface area contributed by atoms with Crippen LogP contribution in [0.1, 0.15) is 29.0 Å². The number of ether oxygens (including phenoxy) is 1. The molecule has 1 aromatic heterocycles. The summed E-state index contributed by atoms with van der Waals surface area (Å²) in [5.41, 5.74) is 0.502. The molecule has 2 heterocycles. The standard InChI is InChI=1S/C20H18N2O5/c21-11-15(19(23)22-12-17-5-2-8-26-17)10-16-6-7-18(27-16)13-3-1-4-14(9-13)20(24)25/h1,3-4,6-7,9-10,17H,2,5,8,12H2,(H,22,23)(H,24,25)/p-1/b15-10+/t17-/m0/s1. The number of furan rings is 1. The second kappa shape index (κ2) is 8.34.